The van der Waals surface area contributed by atoms with Crippen LogP contribution in [-0.4, -0.2) is 106 Å². The first-order valence-corrected chi connectivity index (χ1v) is 22.8. The Morgan fingerprint density at radius 1 is 0.825 bits per heavy atom. The molecule has 0 radical (unpaired) electrons. The molecule has 2 aliphatic rings. The third kappa shape index (κ3) is 13.8. The maximum absolute atomic E-state index is 13.9. The molecule has 4 amide bonds. The smallest absolute Gasteiger partial charge is 0.410 e. The first kappa shape index (κ1) is 46.6. The molecule has 6 rings (SSSR count). The number of amides is 4. The molecule has 1 saturated carbocycles. The Morgan fingerprint density at radius 2 is 1.48 bits per heavy atom. The number of likely N-dealkylation sites (tertiary alicyclic amines) is 1. The standard InChI is InChI=1S/C44H58N10O8S/c1-43(2,3)61-41(57)46-25-29-9-13-32(14-10-29)39(55)48-37(40(56)47-34-17-15-31(16-18-34)38-49-52-53-50-38)23-28-7-11-30(12-8-28)33-24-36(27-45-26-33)63(59,60)51-35-19-21-54(22-20-35)42(58)62-44(4,5)6/h7-8,11-12,15-18,24,26-27,29,32,35,37,51H,9-10,13-14,19-23,25H2,1-6H3,(H,46,57)(H,47,56)(H,48,55)(H,49,50,52,53)/t29-,32-,37-/m0/s1. The molecule has 0 bridgehead atoms. The van der Waals surface area contributed by atoms with Crippen molar-refractivity contribution in [2.24, 2.45) is 11.8 Å². The Hall–Kier alpha value is -5.95. The molecule has 1 saturated heterocycles. The number of H-pyrrole nitrogens is 1. The normalized spacial score (nSPS) is 17.9. The van der Waals surface area contributed by atoms with E-state index in [4.69, 9.17) is 9.47 Å². The highest BCUT2D eigenvalue weighted by Gasteiger charge is 2.32. The van der Waals surface area contributed by atoms with E-state index in [9.17, 15) is 27.6 Å². The Labute approximate surface area is 368 Å². The zero-order chi connectivity index (χ0) is 45.4. The van der Waals surface area contributed by atoms with Gasteiger partial charge < -0.3 is 30.3 Å². The van der Waals surface area contributed by atoms with Gasteiger partial charge in [-0.3, -0.25) is 14.6 Å². The van der Waals surface area contributed by atoms with Gasteiger partial charge in [-0.05, 0) is 138 Å². The monoisotopic (exact) mass is 886 g/mol. The topological polar surface area (TPSA) is 240 Å². The first-order chi connectivity index (χ1) is 29.8. The number of hydrogen-bond donors (Lipinski definition) is 5. The number of pyridine rings is 1. The first-order valence-electron chi connectivity index (χ1n) is 21.3. The molecule has 5 N–H and O–H groups in total. The van der Waals surface area contributed by atoms with Crippen LogP contribution < -0.4 is 20.7 Å². The van der Waals surface area contributed by atoms with Gasteiger partial charge in [0.2, 0.25) is 21.8 Å². The average Bonchev–Trinajstić information content (AvgIpc) is 3.78. The summed E-state index contributed by atoms with van der Waals surface area (Å²) < 4.78 is 40.6. The number of carbonyl (C=O) groups excluding carboxylic acids is 4. The van der Waals surface area contributed by atoms with E-state index in [-0.39, 0.29) is 35.1 Å². The zero-order valence-electron chi connectivity index (χ0n) is 36.6. The van der Waals surface area contributed by atoms with E-state index in [0.29, 0.717) is 68.0 Å². The molecule has 4 aromatic rings. The van der Waals surface area contributed by atoms with Crippen molar-refractivity contribution < 1.29 is 37.1 Å². The average molecular weight is 887 g/mol. The van der Waals surface area contributed by atoms with Crippen LogP contribution in [0.1, 0.15) is 85.6 Å². The Morgan fingerprint density at radius 3 is 2.10 bits per heavy atom. The van der Waals surface area contributed by atoms with E-state index in [1.165, 1.54) is 6.20 Å². The molecule has 0 spiro atoms. The van der Waals surface area contributed by atoms with Crippen molar-refractivity contribution in [1.29, 1.82) is 0 Å². The van der Waals surface area contributed by atoms with Crippen molar-refractivity contribution in [3.05, 3.63) is 72.6 Å². The molecule has 63 heavy (non-hydrogen) atoms. The van der Waals surface area contributed by atoms with Gasteiger partial charge in [-0.1, -0.05) is 24.3 Å². The zero-order valence-corrected chi connectivity index (χ0v) is 37.5. The van der Waals surface area contributed by atoms with Gasteiger partial charge >= 0.3 is 12.2 Å². The maximum atomic E-state index is 13.9. The van der Waals surface area contributed by atoms with Crippen molar-refractivity contribution in [3.63, 3.8) is 0 Å². The van der Waals surface area contributed by atoms with Gasteiger partial charge in [0.1, 0.15) is 22.1 Å². The molecule has 0 unspecified atom stereocenters. The molecule has 2 aromatic heterocycles. The summed E-state index contributed by atoms with van der Waals surface area (Å²) in [6.45, 7) is 12.0. The highest BCUT2D eigenvalue weighted by molar-refractivity contribution is 7.89. The van der Waals surface area contributed by atoms with Crippen molar-refractivity contribution in [3.8, 4) is 22.5 Å². The summed E-state index contributed by atoms with van der Waals surface area (Å²) >= 11 is 0. The quantitative estimate of drug-likeness (QED) is 0.110. The second-order valence-corrected chi connectivity index (χ2v) is 19.9. The SMILES string of the molecule is CC(C)(C)OC(=O)NC[C@H]1CC[C@H](C(=O)N[C@@H](Cc2ccc(-c3cncc(S(=O)(=O)NC4CCN(C(=O)OC(C)(C)C)CC4)c3)cc2)C(=O)Nc2ccc(-c3nnn[nH]3)cc2)CC1. The molecule has 338 valence electrons. The summed E-state index contributed by atoms with van der Waals surface area (Å²) in [4.78, 5) is 58.1. The highest BCUT2D eigenvalue weighted by atomic mass is 32.2. The third-order valence-corrected chi connectivity index (χ3v) is 12.3. The predicted molar refractivity (Wildman–Crippen MR) is 234 cm³/mol. The lowest BCUT2D eigenvalue weighted by Gasteiger charge is -2.33. The van der Waals surface area contributed by atoms with Crippen LogP contribution in [0.2, 0.25) is 0 Å². The fourth-order valence-electron chi connectivity index (χ4n) is 7.48. The van der Waals surface area contributed by atoms with Crippen LogP contribution >= 0.6 is 0 Å². The minimum atomic E-state index is -3.93. The molecule has 1 aliphatic heterocycles. The number of tetrazole rings is 1. The lowest BCUT2D eigenvalue weighted by atomic mass is 9.81. The summed E-state index contributed by atoms with van der Waals surface area (Å²) in [5.41, 5.74) is 2.08. The molecular formula is C44H58N10O8S. The van der Waals surface area contributed by atoms with Crippen LogP contribution in [0, 0.1) is 11.8 Å². The van der Waals surface area contributed by atoms with Gasteiger partial charge in [0, 0.05) is 67.2 Å². The number of ether oxygens (including phenoxy) is 2. The van der Waals surface area contributed by atoms with E-state index < -0.39 is 45.4 Å². The lowest BCUT2D eigenvalue weighted by Crippen LogP contribution is -2.48. The van der Waals surface area contributed by atoms with Gasteiger partial charge in [0.25, 0.3) is 0 Å². The number of benzene rings is 2. The molecule has 18 nitrogen and oxygen atoms in total. The number of aromatic amines is 1. The van der Waals surface area contributed by atoms with E-state index >= 15 is 0 Å². The van der Waals surface area contributed by atoms with Crippen molar-refractivity contribution in [2.45, 2.75) is 115 Å². The van der Waals surface area contributed by atoms with Gasteiger partial charge in [-0.15, -0.1) is 5.10 Å². The van der Waals surface area contributed by atoms with E-state index in [2.05, 4.69) is 46.3 Å². The number of piperidine rings is 1. The van der Waals surface area contributed by atoms with Gasteiger partial charge in [-0.2, -0.15) is 0 Å². The van der Waals surface area contributed by atoms with Crippen LogP contribution in [0.4, 0.5) is 15.3 Å². The maximum Gasteiger partial charge on any atom is 0.410 e. The number of nitrogens with one attached hydrogen (secondary N) is 5. The van der Waals surface area contributed by atoms with E-state index in [0.717, 1.165) is 24.0 Å². The largest absolute Gasteiger partial charge is 0.444 e. The summed E-state index contributed by atoms with van der Waals surface area (Å²) in [5, 5.41) is 22.6. The second-order valence-electron chi connectivity index (χ2n) is 18.2. The Bertz CT molecular complexity index is 2300. The number of alkyl carbamates (subject to hydrolysis) is 1. The van der Waals surface area contributed by atoms with Crippen LogP contribution in [0.15, 0.2) is 71.9 Å². The summed E-state index contributed by atoms with van der Waals surface area (Å²) in [7, 11) is -3.93. The molecule has 2 aromatic carbocycles. The van der Waals surface area contributed by atoms with Gasteiger partial charge in [0.05, 0.1) is 0 Å². The van der Waals surface area contributed by atoms with Crippen LogP contribution in [-0.2, 0) is 35.5 Å². The predicted octanol–water partition coefficient (Wildman–Crippen LogP) is 5.60. The summed E-state index contributed by atoms with van der Waals surface area (Å²) in [6, 6.07) is 14.6. The fraction of sp³-hybridized carbons (Fsp3) is 0.500. The van der Waals surface area contributed by atoms with Gasteiger partial charge in [-0.25, -0.2) is 27.8 Å². The van der Waals surface area contributed by atoms with Crippen molar-refractivity contribution >= 4 is 39.7 Å². The van der Waals surface area contributed by atoms with E-state index in [1.807, 2.05) is 45.0 Å². The fourth-order valence-corrected chi connectivity index (χ4v) is 8.77. The van der Waals surface area contributed by atoms with Crippen LogP contribution in [0.5, 0.6) is 0 Å². The summed E-state index contributed by atoms with van der Waals surface area (Å²) in [5.74, 6) is -0.234. The number of nitrogens with zero attached hydrogens (tertiary/aromatic N) is 5. The Balaban J connectivity index is 1.09. The minimum Gasteiger partial charge on any atom is -0.444 e. The Kier molecular flexibility index (Phi) is 14.8. The van der Waals surface area contributed by atoms with Crippen LogP contribution in [0.3, 0.4) is 0 Å². The molecule has 1 aliphatic carbocycles. The lowest BCUT2D eigenvalue weighted by molar-refractivity contribution is -0.130. The number of anilines is 1. The number of sulfonamides is 1. The third-order valence-electron chi connectivity index (χ3n) is 10.8. The number of hydrogen-bond acceptors (Lipinski definition) is 12. The molecule has 19 heteroatoms. The molecule has 1 atom stereocenters. The van der Waals surface area contributed by atoms with Crippen molar-refractivity contribution in [2.75, 3.05) is 25.0 Å². The second kappa shape index (κ2) is 20.0. The van der Waals surface area contributed by atoms with E-state index in [1.54, 1.807) is 62.2 Å². The summed E-state index contributed by atoms with van der Waals surface area (Å²) in [6.07, 6.45) is 5.75. The minimum absolute atomic E-state index is 0.0111. The van der Waals surface area contributed by atoms with Gasteiger partial charge in [0.15, 0.2) is 5.82 Å². The molecular weight excluding hydrogens is 829 g/mol. The van der Waals surface area contributed by atoms with Crippen molar-refractivity contribution in [1.82, 2.24) is 45.9 Å². The number of rotatable bonds is 13. The molecule has 3 heterocycles. The highest BCUT2D eigenvalue weighted by Crippen LogP contribution is 2.30. The number of carbonyl (C=O) groups is 4. The van der Waals surface area contributed by atoms with Crippen LogP contribution in [0.25, 0.3) is 22.5 Å². The number of aromatic nitrogens is 5. The molecule has 2 fully saturated rings.